The van der Waals surface area contributed by atoms with Crippen molar-refractivity contribution in [1.82, 2.24) is 4.90 Å². The van der Waals surface area contributed by atoms with Crippen LogP contribution in [0.2, 0.25) is 0 Å². The normalized spacial score (nSPS) is 10.3. The number of hydrogen-bond donors (Lipinski definition) is 2. The molecule has 0 aliphatic carbocycles. The molecule has 0 aliphatic heterocycles. The van der Waals surface area contributed by atoms with Gasteiger partial charge in [0.15, 0.2) is 0 Å². The number of esters is 1. The minimum Gasteiger partial charge on any atom is -0.508 e. The summed E-state index contributed by atoms with van der Waals surface area (Å²) in [6.07, 6.45) is 0. The Morgan fingerprint density at radius 3 is 2.47 bits per heavy atom. The second-order valence-electron chi connectivity index (χ2n) is 4.30. The molecule has 0 spiro atoms. The van der Waals surface area contributed by atoms with Crippen LogP contribution in [0.1, 0.15) is 24.2 Å². The molecule has 1 rings (SSSR count). The van der Waals surface area contributed by atoms with E-state index in [9.17, 15) is 19.8 Å². The van der Waals surface area contributed by atoms with E-state index in [4.69, 9.17) is 0 Å². The first-order valence-corrected chi connectivity index (χ1v) is 5.76. The van der Waals surface area contributed by atoms with E-state index >= 15 is 0 Å². The molecule has 0 radical (unpaired) electrons. The number of benzene rings is 1. The van der Waals surface area contributed by atoms with Gasteiger partial charge in [-0.1, -0.05) is 0 Å². The highest BCUT2D eigenvalue weighted by atomic mass is 16.5. The monoisotopic (exact) mass is 267 g/mol. The van der Waals surface area contributed by atoms with Crippen LogP contribution in [0, 0.1) is 0 Å². The van der Waals surface area contributed by atoms with Gasteiger partial charge in [-0.3, -0.25) is 9.59 Å². The number of phenolic OH excluding ortho intramolecular Hbond substituents is 2. The Kier molecular flexibility index (Phi) is 4.74. The van der Waals surface area contributed by atoms with E-state index in [0.717, 1.165) is 6.07 Å². The van der Waals surface area contributed by atoms with Crippen LogP contribution in [0.5, 0.6) is 11.5 Å². The Bertz CT molecular complexity index is 484. The van der Waals surface area contributed by atoms with Crippen molar-refractivity contribution >= 4 is 11.9 Å². The minimum absolute atomic E-state index is 0.0578. The van der Waals surface area contributed by atoms with Gasteiger partial charge in [0, 0.05) is 6.04 Å². The third-order valence-corrected chi connectivity index (χ3v) is 2.62. The Morgan fingerprint density at radius 2 is 1.95 bits per heavy atom. The van der Waals surface area contributed by atoms with Gasteiger partial charge in [0.2, 0.25) is 0 Å². The van der Waals surface area contributed by atoms with Gasteiger partial charge < -0.3 is 19.8 Å². The molecule has 6 heteroatoms. The topological polar surface area (TPSA) is 87.1 Å². The molecule has 6 nitrogen and oxygen atoms in total. The maximum atomic E-state index is 12.3. The summed E-state index contributed by atoms with van der Waals surface area (Å²) in [4.78, 5) is 24.8. The molecule has 0 atom stereocenters. The summed E-state index contributed by atoms with van der Waals surface area (Å²) < 4.78 is 4.53. The summed E-state index contributed by atoms with van der Waals surface area (Å²) in [5.41, 5.74) is -0.0578. The molecule has 0 unspecified atom stereocenters. The van der Waals surface area contributed by atoms with Crippen LogP contribution >= 0.6 is 0 Å². The van der Waals surface area contributed by atoms with Crippen molar-refractivity contribution in [2.75, 3.05) is 13.7 Å². The maximum Gasteiger partial charge on any atom is 0.325 e. The summed E-state index contributed by atoms with van der Waals surface area (Å²) in [6, 6.07) is 3.39. The lowest BCUT2D eigenvalue weighted by molar-refractivity contribution is -0.141. The highest BCUT2D eigenvalue weighted by Gasteiger charge is 2.24. The molecular formula is C13H17NO5. The molecule has 19 heavy (non-hydrogen) atoms. The van der Waals surface area contributed by atoms with Gasteiger partial charge in [-0.05, 0) is 32.0 Å². The predicted octanol–water partition coefficient (Wildman–Crippen LogP) is 1.12. The summed E-state index contributed by atoms with van der Waals surface area (Å²) >= 11 is 0. The Balaban J connectivity index is 3.05. The van der Waals surface area contributed by atoms with Crippen molar-refractivity contribution in [2.24, 2.45) is 0 Å². The number of amides is 1. The van der Waals surface area contributed by atoms with Crippen molar-refractivity contribution in [1.29, 1.82) is 0 Å². The van der Waals surface area contributed by atoms with E-state index < -0.39 is 11.9 Å². The fourth-order valence-corrected chi connectivity index (χ4v) is 1.54. The van der Waals surface area contributed by atoms with Crippen LogP contribution in [-0.4, -0.2) is 46.7 Å². The van der Waals surface area contributed by atoms with Crippen molar-refractivity contribution in [2.45, 2.75) is 19.9 Å². The van der Waals surface area contributed by atoms with E-state index in [1.54, 1.807) is 13.8 Å². The van der Waals surface area contributed by atoms with Crippen LogP contribution in [-0.2, 0) is 9.53 Å². The molecule has 104 valence electrons. The fraction of sp³-hybridized carbons (Fsp3) is 0.385. The summed E-state index contributed by atoms with van der Waals surface area (Å²) in [6.45, 7) is 3.25. The van der Waals surface area contributed by atoms with Gasteiger partial charge >= 0.3 is 5.97 Å². The van der Waals surface area contributed by atoms with E-state index in [2.05, 4.69) is 4.74 Å². The van der Waals surface area contributed by atoms with Crippen molar-refractivity contribution in [3.63, 3.8) is 0 Å². The Morgan fingerprint density at radius 1 is 1.32 bits per heavy atom. The number of hydrogen-bond acceptors (Lipinski definition) is 5. The lowest BCUT2D eigenvalue weighted by Crippen LogP contribution is -2.41. The van der Waals surface area contributed by atoms with Crippen LogP contribution in [0.3, 0.4) is 0 Å². The molecule has 1 aromatic carbocycles. The average Bonchev–Trinajstić information content (AvgIpc) is 2.37. The molecule has 0 saturated heterocycles. The lowest BCUT2D eigenvalue weighted by Gasteiger charge is -2.25. The first kappa shape index (κ1) is 14.8. The van der Waals surface area contributed by atoms with Gasteiger partial charge in [-0.15, -0.1) is 0 Å². The minimum atomic E-state index is -0.554. The highest BCUT2D eigenvalue weighted by Crippen LogP contribution is 2.24. The summed E-state index contributed by atoms with van der Waals surface area (Å²) in [5.74, 6) is -1.49. The molecule has 0 aromatic heterocycles. The molecular weight excluding hydrogens is 250 g/mol. The molecule has 2 N–H and O–H groups in total. The predicted molar refractivity (Wildman–Crippen MR) is 68.0 cm³/mol. The highest BCUT2D eigenvalue weighted by molar-refractivity contribution is 5.98. The zero-order valence-electron chi connectivity index (χ0n) is 11.1. The van der Waals surface area contributed by atoms with Gasteiger partial charge in [0.05, 0.1) is 12.7 Å². The molecule has 0 bridgehead atoms. The van der Waals surface area contributed by atoms with Crippen LogP contribution in [0.15, 0.2) is 18.2 Å². The first-order valence-electron chi connectivity index (χ1n) is 5.76. The number of nitrogens with zero attached hydrogens (tertiary/aromatic N) is 1. The van der Waals surface area contributed by atoms with E-state index in [0.29, 0.717) is 0 Å². The third kappa shape index (κ3) is 3.61. The van der Waals surface area contributed by atoms with Crippen molar-refractivity contribution in [3.8, 4) is 11.5 Å². The fourth-order valence-electron chi connectivity index (χ4n) is 1.54. The van der Waals surface area contributed by atoms with Crippen molar-refractivity contribution in [3.05, 3.63) is 23.8 Å². The number of carbonyl (C=O) groups is 2. The second-order valence-corrected chi connectivity index (χ2v) is 4.30. The first-order chi connectivity index (χ1) is 8.86. The van der Waals surface area contributed by atoms with E-state index in [-0.39, 0.29) is 29.6 Å². The average molecular weight is 267 g/mol. The number of rotatable bonds is 4. The third-order valence-electron chi connectivity index (χ3n) is 2.62. The second kappa shape index (κ2) is 6.08. The number of aromatic hydroxyl groups is 2. The largest absolute Gasteiger partial charge is 0.508 e. The van der Waals surface area contributed by atoms with Crippen LogP contribution in [0.25, 0.3) is 0 Å². The smallest absolute Gasteiger partial charge is 0.325 e. The van der Waals surface area contributed by atoms with Gasteiger partial charge in [-0.25, -0.2) is 0 Å². The van der Waals surface area contributed by atoms with Crippen molar-refractivity contribution < 1.29 is 24.5 Å². The molecule has 0 fully saturated rings. The number of phenols is 2. The number of ether oxygens (including phenoxy) is 1. The molecule has 1 amide bonds. The number of carbonyl (C=O) groups excluding carboxylic acids is 2. The van der Waals surface area contributed by atoms with Gasteiger partial charge in [-0.2, -0.15) is 0 Å². The SMILES string of the molecule is COC(=O)CN(C(=O)c1cc(O)ccc1O)C(C)C. The Hall–Kier alpha value is -2.24. The standard InChI is InChI=1S/C13H17NO5/c1-8(2)14(7-12(17)19-3)13(18)10-6-9(15)4-5-11(10)16/h4-6,8,15-16H,7H2,1-3H3. The lowest BCUT2D eigenvalue weighted by atomic mass is 10.1. The zero-order chi connectivity index (χ0) is 14.6. The summed E-state index contributed by atoms with van der Waals surface area (Å²) in [5, 5.41) is 19.0. The zero-order valence-corrected chi connectivity index (χ0v) is 11.1. The quantitative estimate of drug-likeness (QED) is 0.630. The van der Waals surface area contributed by atoms with E-state index in [1.165, 1.54) is 24.1 Å². The van der Waals surface area contributed by atoms with Crippen LogP contribution < -0.4 is 0 Å². The Labute approximate surface area is 111 Å². The molecule has 0 heterocycles. The van der Waals surface area contributed by atoms with E-state index in [1.807, 2.05) is 0 Å². The molecule has 1 aromatic rings. The van der Waals surface area contributed by atoms with Gasteiger partial charge in [0.25, 0.3) is 5.91 Å². The summed E-state index contributed by atoms with van der Waals surface area (Å²) in [7, 11) is 1.23. The van der Waals surface area contributed by atoms with Crippen LogP contribution in [0.4, 0.5) is 0 Å². The maximum absolute atomic E-state index is 12.3. The molecule has 0 aliphatic rings. The number of methoxy groups -OCH3 is 1. The molecule has 0 saturated carbocycles. The van der Waals surface area contributed by atoms with Gasteiger partial charge in [0.1, 0.15) is 18.0 Å².